The molecule has 1 rings (SSSR count). The van der Waals surface area contributed by atoms with Gasteiger partial charge in [0.2, 0.25) is 11.9 Å². The first kappa shape index (κ1) is 11.4. The van der Waals surface area contributed by atoms with E-state index in [1.165, 1.54) is 0 Å². The van der Waals surface area contributed by atoms with Crippen LogP contribution in [0.15, 0.2) is 18.5 Å². The van der Waals surface area contributed by atoms with Crippen LogP contribution in [0.4, 0.5) is 5.95 Å². The summed E-state index contributed by atoms with van der Waals surface area (Å²) in [5.41, 5.74) is 0. The molecule has 0 saturated carbocycles. The number of nitrogens with one attached hydrogen (secondary N) is 2. The summed E-state index contributed by atoms with van der Waals surface area (Å²) in [5, 5.41) is 5.63. The Morgan fingerprint density at radius 2 is 2.07 bits per heavy atom. The third kappa shape index (κ3) is 4.95. The highest BCUT2D eigenvalue weighted by molar-refractivity contribution is 5.80. The molecule has 0 saturated heterocycles. The van der Waals surface area contributed by atoms with Crippen LogP contribution in [-0.2, 0) is 4.79 Å². The van der Waals surface area contributed by atoms with Crippen molar-refractivity contribution >= 4 is 11.9 Å². The van der Waals surface area contributed by atoms with Gasteiger partial charge in [-0.05, 0) is 12.0 Å². The zero-order chi connectivity index (χ0) is 11.1. The van der Waals surface area contributed by atoms with Crippen molar-refractivity contribution < 1.29 is 4.79 Å². The number of hydrogen-bond acceptors (Lipinski definition) is 4. The monoisotopic (exact) mass is 208 g/mol. The molecule has 5 heteroatoms. The Bertz CT molecular complexity index is 300. The Labute approximate surface area is 89.3 Å². The van der Waals surface area contributed by atoms with E-state index in [-0.39, 0.29) is 12.5 Å². The minimum absolute atomic E-state index is 0.0452. The second-order valence-corrected chi connectivity index (χ2v) is 3.62. The van der Waals surface area contributed by atoms with Gasteiger partial charge in [0.05, 0.1) is 6.54 Å². The number of aromatic nitrogens is 2. The van der Waals surface area contributed by atoms with Gasteiger partial charge in [-0.25, -0.2) is 9.97 Å². The summed E-state index contributed by atoms with van der Waals surface area (Å²) in [5.74, 6) is 0.885. The summed E-state index contributed by atoms with van der Waals surface area (Å²) < 4.78 is 0. The normalized spacial score (nSPS) is 10.1. The molecule has 0 atom stereocenters. The van der Waals surface area contributed by atoms with Crippen molar-refractivity contribution in [3.05, 3.63) is 18.5 Å². The fraction of sp³-hybridized carbons (Fsp3) is 0.500. The summed E-state index contributed by atoms with van der Waals surface area (Å²) in [6, 6.07) is 1.73. The molecule has 0 radical (unpaired) electrons. The van der Waals surface area contributed by atoms with Crippen molar-refractivity contribution in [1.82, 2.24) is 15.3 Å². The predicted molar refractivity (Wildman–Crippen MR) is 58.4 cm³/mol. The van der Waals surface area contributed by atoms with Crippen LogP contribution in [0.25, 0.3) is 0 Å². The van der Waals surface area contributed by atoms with Crippen molar-refractivity contribution in [2.45, 2.75) is 13.8 Å². The molecular formula is C10H16N4O. The van der Waals surface area contributed by atoms with Gasteiger partial charge >= 0.3 is 0 Å². The van der Waals surface area contributed by atoms with E-state index in [2.05, 4.69) is 20.6 Å². The minimum atomic E-state index is -0.0452. The highest BCUT2D eigenvalue weighted by Crippen LogP contribution is 1.92. The third-order valence-electron chi connectivity index (χ3n) is 1.68. The largest absolute Gasteiger partial charge is 0.354 e. The number of anilines is 1. The number of hydrogen-bond donors (Lipinski definition) is 2. The van der Waals surface area contributed by atoms with Gasteiger partial charge in [-0.2, -0.15) is 0 Å². The van der Waals surface area contributed by atoms with E-state index in [4.69, 9.17) is 0 Å². The molecule has 0 aromatic carbocycles. The van der Waals surface area contributed by atoms with E-state index >= 15 is 0 Å². The van der Waals surface area contributed by atoms with Gasteiger partial charge in [0.1, 0.15) is 0 Å². The standard InChI is InChI=1S/C10H16N4O/c1-8(2)6-13-9(15)7-14-10-11-4-3-5-12-10/h3-5,8H,6-7H2,1-2H3,(H,13,15)(H,11,12,14). The molecule has 82 valence electrons. The van der Waals surface area contributed by atoms with Gasteiger partial charge in [-0.1, -0.05) is 13.8 Å². The Morgan fingerprint density at radius 3 is 2.67 bits per heavy atom. The van der Waals surface area contributed by atoms with Crippen molar-refractivity contribution in [2.75, 3.05) is 18.4 Å². The topological polar surface area (TPSA) is 66.9 Å². The van der Waals surface area contributed by atoms with Crippen molar-refractivity contribution in [2.24, 2.45) is 5.92 Å². The highest BCUT2D eigenvalue weighted by atomic mass is 16.1. The Morgan fingerprint density at radius 1 is 1.40 bits per heavy atom. The SMILES string of the molecule is CC(C)CNC(=O)CNc1ncccn1. The maximum absolute atomic E-state index is 11.3. The van der Waals surface area contributed by atoms with Crippen LogP contribution < -0.4 is 10.6 Å². The lowest BCUT2D eigenvalue weighted by molar-refractivity contribution is -0.119. The van der Waals surface area contributed by atoms with Crippen LogP contribution >= 0.6 is 0 Å². The zero-order valence-electron chi connectivity index (χ0n) is 9.03. The molecule has 1 aromatic rings. The number of rotatable bonds is 5. The van der Waals surface area contributed by atoms with Gasteiger partial charge in [0.15, 0.2) is 0 Å². The first-order valence-corrected chi connectivity index (χ1v) is 4.96. The van der Waals surface area contributed by atoms with Crippen molar-refractivity contribution in [1.29, 1.82) is 0 Å². The van der Waals surface area contributed by atoms with E-state index in [9.17, 15) is 4.79 Å². The van der Waals surface area contributed by atoms with E-state index in [1.807, 2.05) is 13.8 Å². The molecule has 0 fully saturated rings. The molecule has 5 nitrogen and oxygen atoms in total. The average Bonchev–Trinajstić information content (AvgIpc) is 2.25. The summed E-state index contributed by atoms with van der Waals surface area (Å²) in [6.07, 6.45) is 3.25. The molecule has 1 heterocycles. The summed E-state index contributed by atoms with van der Waals surface area (Å²) >= 11 is 0. The molecule has 1 amide bonds. The van der Waals surface area contributed by atoms with E-state index in [0.29, 0.717) is 18.4 Å². The lowest BCUT2D eigenvalue weighted by Crippen LogP contribution is -2.32. The first-order chi connectivity index (χ1) is 7.18. The van der Waals surface area contributed by atoms with E-state index in [1.54, 1.807) is 18.5 Å². The average molecular weight is 208 g/mol. The third-order valence-corrected chi connectivity index (χ3v) is 1.68. The van der Waals surface area contributed by atoms with E-state index < -0.39 is 0 Å². The Kier molecular flexibility index (Phi) is 4.53. The summed E-state index contributed by atoms with van der Waals surface area (Å²) in [6.45, 7) is 4.99. The molecular weight excluding hydrogens is 192 g/mol. The van der Waals surface area contributed by atoms with Gasteiger partial charge in [-0.15, -0.1) is 0 Å². The second-order valence-electron chi connectivity index (χ2n) is 3.62. The predicted octanol–water partition coefficient (Wildman–Crippen LogP) is 0.661. The van der Waals surface area contributed by atoms with Gasteiger partial charge in [-0.3, -0.25) is 4.79 Å². The lowest BCUT2D eigenvalue weighted by Gasteiger charge is -2.08. The minimum Gasteiger partial charge on any atom is -0.354 e. The van der Waals surface area contributed by atoms with Crippen LogP contribution in [0.5, 0.6) is 0 Å². The van der Waals surface area contributed by atoms with Crippen molar-refractivity contribution in [3.63, 3.8) is 0 Å². The lowest BCUT2D eigenvalue weighted by atomic mass is 10.2. The molecule has 0 bridgehead atoms. The quantitative estimate of drug-likeness (QED) is 0.746. The highest BCUT2D eigenvalue weighted by Gasteiger charge is 2.02. The number of carbonyl (C=O) groups excluding carboxylic acids is 1. The van der Waals surface area contributed by atoms with Crippen LogP contribution in [-0.4, -0.2) is 29.0 Å². The second kappa shape index (κ2) is 5.95. The molecule has 2 N–H and O–H groups in total. The van der Waals surface area contributed by atoms with Gasteiger partial charge < -0.3 is 10.6 Å². The Hall–Kier alpha value is -1.65. The molecule has 0 aliphatic rings. The zero-order valence-corrected chi connectivity index (χ0v) is 9.03. The van der Waals surface area contributed by atoms with Crippen LogP contribution in [0, 0.1) is 5.92 Å². The number of carbonyl (C=O) groups is 1. The summed E-state index contributed by atoms with van der Waals surface area (Å²) in [4.78, 5) is 19.2. The molecule has 0 spiro atoms. The maximum atomic E-state index is 11.3. The molecule has 0 unspecified atom stereocenters. The van der Waals surface area contributed by atoms with Crippen LogP contribution in [0.2, 0.25) is 0 Å². The molecule has 1 aromatic heterocycles. The first-order valence-electron chi connectivity index (χ1n) is 4.96. The van der Waals surface area contributed by atoms with Crippen LogP contribution in [0.1, 0.15) is 13.8 Å². The maximum Gasteiger partial charge on any atom is 0.239 e. The number of amides is 1. The molecule has 15 heavy (non-hydrogen) atoms. The fourth-order valence-corrected chi connectivity index (χ4v) is 0.930. The number of nitrogens with zero attached hydrogens (tertiary/aromatic N) is 2. The smallest absolute Gasteiger partial charge is 0.239 e. The van der Waals surface area contributed by atoms with E-state index in [0.717, 1.165) is 0 Å². The Balaban J connectivity index is 2.23. The fourth-order valence-electron chi connectivity index (χ4n) is 0.930. The summed E-state index contributed by atoms with van der Waals surface area (Å²) in [7, 11) is 0. The molecule has 0 aliphatic heterocycles. The van der Waals surface area contributed by atoms with Crippen LogP contribution in [0.3, 0.4) is 0 Å². The van der Waals surface area contributed by atoms with Gasteiger partial charge in [0.25, 0.3) is 0 Å². The molecule has 0 aliphatic carbocycles. The van der Waals surface area contributed by atoms with Crippen molar-refractivity contribution in [3.8, 4) is 0 Å². The van der Waals surface area contributed by atoms with Gasteiger partial charge in [0, 0.05) is 18.9 Å².